The second-order valence-electron chi connectivity index (χ2n) is 5.04. The summed E-state index contributed by atoms with van der Waals surface area (Å²) in [6, 6.07) is 5.76. The molecule has 2 heterocycles. The molecule has 0 amide bonds. The number of carbonyl (C=O) groups is 1. The van der Waals surface area contributed by atoms with Crippen LogP contribution in [0.25, 0.3) is 5.65 Å². The van der Waals surface area contributed by atoms with Gasteiger partial charge in [-0.25, -0.2) is 4.98 Å². The number of imidazole rings is 1. The molecule has 84 valence electrons. The van der Waals surface area contributed by atoms with E-state index in [0.717, 1.165) is 11.3 Å². The number of fused-ring (bicyclic) bond motifs is 1. The third-order valence-electron chi connectivity index (χ3n) is 2.57. The Morgan fingerprint density at radius 1 is 1.31 bits per heavy atom. The second kappa shape index (κ2) is 3.44. The molecule has 0 atom stereocenters. The maximum absolute atomic E-state index is 11.7. The van der Waals surface area contributed by atoms with Gasteiger partial charge in [-0.15, -0.1) is 0 Å². The van der Waals surface area contributed by atoms with E-state index in [1.165, 1.54) is 0 Å². The highest BCUT2D eigenvalue weighted by Crippen LogP contribution is 2.26. The standard InChI is InChI=1S/C13H16N2O/c1-9(16)11-12(13(2,3)4)14-10-7-5-6-8-15(10)11/h5-8H,1-4H3. The fraction of sp³-hybridized carbons (Fsp3) is 0.385. The maximum atomic E-state index is 11.7. The van der Waals surface area contributed by atoms with Gasteiger partial charge in [0.25, 0.3) is 0 Å². The number of hydrogen-bond acceptors (Lipinski definition) is 2. The number of pyridine rings is 1. The van der Waals surface area contributed by atoms with Crippen LogP contribution in [0, 0.1) is 0 Å². The molecule has 0 unspecified atom stereocenters. The Kier molecular flexibility index (Phi) is 2.34. The Bertz CT molecular complexity index is 547. The van der Waals surface area contributed by atoms with E-state index in [2.05, 4.69) is 25.8 Å². The van der Waals surface area contributed by atoms with Crippen LogP contribution in [-0.4, -0.2) is 15.2 Å². The van der Waals surface area contributed by atoms with Crippen molar-refractivity contribution < 1.29 is 4.79 Å². The SMILES string of the molecule is CC(=O)c1c(C(C)(C)C)nc2ccccn12. The van der Waals surface area contributed by atoms with Crippen LogP contribution in [0.3, 0.4) is 0 Å². The van der Waals surface area contributed by atoms with E-state index in [-0.39, 0.29) is 11.2 Å². The number of carbonyl (C=O) groups excluding carboxylic acids is 1. The van der Waals surface area contributed by atoms with Gasteiger partial charge in [0.15, 0.2) is 5.78 Å². The number of hydrogen-bond donors (Lipinski definition) is 0. The molecular weight excluding hydrogens is 200 g/mol. The maximum Gasteiger partial charge on any atom is 0.178 e. The van der Waals surface area contributed by atoms with Crippen molar-refractivity contribution in [2.24, 2.45) is 0 Å². The van der Waals surface area contributed by atoms with Gasteiger partial charge in [-0.2, -0.15) is 0 Å². The summed E-state index contributed by atoms with van der Waals surface area (Å²) in [5.41, 5.74) is 2.28. The molecule has 0 aliphatic heterocycles. The number of Topliss-reactive ketones (excluding diaryl/α,β-unsaturated/α-hetero) is 1. The Morgan fingerprint density at radius 3 is 2.56 bits per heavy atom. The first-order valence-corrected chi connectivity index (χ1v) is 5.40. The zero-order valence-corrected chi connectivity index (χ0v) is 10.1. The third kappa shape index (κ3) is 1.62. The molecule has 3 nitrogen and oxygen atoms in total. The van der Waals surface area contributed by atoms with Crippen molar-refractivity contribution in [1.82, 2.24) is 9.38 Å². The van der Waals surface area contributed by atoms with E-state index in [0.29, 0.717) is 5.69 Å². The van der Waals surface area contributed by atoms with Crippen molar-refractivity contribution in [3.05, 3.63) is 35.8 Å². The van der Waals surface area contributed by atoms with Crippen LogP contribution in [0.1, 0.15) is 43.9 Å². The average Bonchev–Trinajstić information content (AvgIpc) is 2.55. The van der Waals surface area contributed by atoms with E-state index >= 15 is 0 Å². The minimum Gasteiger partial charge on any atom is -0.297 e. The van der Waals surface area contributed by atoms with Crippen molar-refractivity contribution in [2.45, 2.75) is 33.1 Å². The van der Waals surface area contributed by atoms with Crippen molar-refractivity contribution in [2.75, 3.05) is 0 Å². The minimum atomic E-state index is -0.118. The fourth-order valence-corrected chi connectivity index (χ4v) is 1.86. The minimum absolute atomic E-state index is 0.0589. The van der Waals surface area contributed by atoms with Crippen molar-refractivity contribution in [3.63, 3.8) is 0 Å². The monoisotopic (exact) mass is 216 g/mol. The lowest BCUT2D eigenvalue weighted by Crippen LogP contribution is -2.16. The molecule has 0 spiro atoms. The van der Waals surface area contributed by atoms with Gasteiger partial charge < -0.3 is 0 Å². The molecule has 3 heteroatoms. The summed E-state index contributed by atoms with van der Waals surface area (Å²) < 4.78 is 1.86. The number of nitrogens with zero attached hydrogens (tertiary/aromatic N) is 2. The number of aromatic nitrogens is 2. The van der Waals surface area contributed by atoms with Crippen molar-refractivity contribution in [3.8, 4) is 0 Å². The normalized spacial score (nSPS) is 12.0. The molecule has 0 radical (unpaired) electrons. The van der Waals surface area contributed by atoms with Crippen molar-refractivity contribution in [1.29, 1.82) is 0 Å². The van der Waals surface area contributed by atoms with E-state index in [1.54, 1.807) is 6.92 Å². The highest BCUT2D eigenvalue weighted by Gasteiger charge is 2.25. The Morgan fingerprint density at radius 2 is 2.00 bits per heavy atom. The molecule has 0 fully saturated rings. The van der Waals surface area contributed by atoms with Gasteiger partial charge in [0.05, 0.1) is 5.69 Å². The van der Waals surface area contributed by atoms with Gasteiger partial charge in [0.1, 0.15) is 11.3 Å². The van der Waals surface area contributed by atoms with Crippen LogP contribution in [0.5, 0.6) is 0 Å². The number of ketones is 1. The molecule has 0 N–H and O–H groups in total. The summed E-state index contributed by atoms with van der Waals surface area (Å²) in [6.07, 6.45) is 1.88. The predicted octanol–water partition coefficient (Wildman–Crippen LogP) is 2.83. The third-order valence-corrected chi connectivity index (χ3v) is 2.57. The zero-order valence-electron chi connectivity index (χ0n) is 10.1. The molecule has 0 aliphatic rings. The fourth-order valence-electron chi connectivity index (χ4n) is 1.86. The van der Waals surface area contributed by atoms with Crippen LogP contribution in [0.4, 0.5) is 0 Å². The lowest BCUT2D eigenvalue weighted by molar-refractivity contribution is 0.101. The van der Waals surface area contributed by atoms with Crippen LogP contribution < -0.4 is 0 Å². The quantitative estimate of drug-likeness (QED) is 0.687. The van der Waals surface area contributed by atoms with Crippen LogP contribution in [-0.2, 0) is 5.41 Å². The zero-order chi connectivity index (χ0) is 11.9. The van der Waals surface area contributed by atoms with E-state index in [4.69, 9.17) is 0 Å². The molecule has 0 aromatic carbocycles. The Labute approximate surface area is 95.1 Å². The van der Waals surface area contributed by atoms with E-state index in [9.17, 15) is 4.79 Å². The highest BCUT2D eigenvalue weighted by atomic mass is 16.1. The molecule has 0 bridgehead atoms. The highest BCUT2D eigenvalue weighted by molar-refractivity contribution is 5.94. The van der Waals surface area contributed by atoms with Gasteiger partial charge in [0, 0.05) is 18.5 Å². The molecular formula is C13H16N2O. The smallest absolute Gasteiger partial charge is 0.178 e. The van der Waals surface area contributed by atoms with Gasteiger partial charge in [-0.3, -0.25) is 9.20 Å². The van der Waals surface area contributed by atoms with Crippen LogP contribution in [0.2, 0.25) is 0 Å². The van der Waals surface area contributed by atoms with Gasteiger partial charge in [-0.05, 0) is 12.1 Å². The molecule has 2 aromatic rings. The molecule has 0 saturated heterocycles. The molecule has 2 aromatic heterocycles. The Hall–Kier alpha value is -1.64. The van der Waals surface area contributed by atoms with E-state index in [1.807, 2.05) is 28.8 Å². The lowest BCUT2D eigenvalue weighted by Gasteiger charge is -2.16. The van der Waals surface area contributed by atoms with Crippen LogP contribution in [0.15, 0.2) is 24.4 Å². The molecule has 16 heavy (non-hydrogen) atoms. The first-order valence-electron chi connectivity index (χ1n) is 5.40. The summed E-state index contributed by atoms with van der Waals surface area (Å²) >= 11 is 0. The van der Waals surface area contributed by atoms with Gasteiger partial charge >= 0.3 is 0 Å². The summed E-state index contributed by atoms with van der Waals surface area (Å²) in [6.45, 7) is 7.80. The summed E-state index contributed by atoms with van der Waals surface area (Å²) in [7, 11) is 0. The first kappa shape index (κ1) is 10.9. The first-order chi connectivity index (χ1) is 7.41. The molecule has 0 saturated carbocycles. The molecule has 2 rings (SSSR count). The van der Waals surface area contributed by atoms with Gasteiger partial charge in [0.2, 0.25) is 0 Å². The molecule has 0 aliphatic carbocycles. The van der Waals surface area contributed by atoms with E-state index < -0.39 is 0 Å². The summed E-state index contributed by atoms with van der Waals surface area (Å²) in [5, 5.41) is 0. The van der Waals surface area contributed by atoms with Gasteiger partial charge in [-0.1, -0.05) is 26.8 Å². The Balaban J connectivity index is 2.84. The summed E-state index contributed by atoms with van der Waals surface area (Å²) in [5.74, 6) is 0.0589. The summed E-state index contributed by atoms with van der Waals surface area (Å²) in [4.78, 5) is 16.3. The average molecular weight is 216 g/mol. The lowest BCUT2D eigenvalue weighted by atomic mass is 9.90. The van der Waals surface area contributed by atoms with Crippen LogP contribution >= 0.6 is 0 Å². The largest absolute Gasteiger partial charge is 0.297 e. The second-order valence-corrected chi connectivity index (χ2v) is 5.04. The predicted molar refractivity (Wildman–Crippen MR) is 63.9 cm³/mol. The topological polar surface area (TPSA) is 34.4 Å². The van der Waals surface area contributed by atoms with Crippen molar-refractivity contribution >= 4 is 11.4 Å². The number of rotatable bonds is 1.